The molecule has 1 heterocycles. The maximum atomic E-state index is 6.43. The molecular formula is C40H40N4. The van der Waals surface area contributed by atoms with Crippen LogP contribution in [0, 0.1) is 0 Å². The molecule has 4 heteroatoms. The standard InChI is InChI=1S/C40H40N4/c1-28(25-29(2)42-39(41)33-15-8-4-9-16-33)35-19-12-20-36(26-35)38-27-37(43-40(44-38)34-17-10-5-11-18-34)32-23-21-31(22-24-32)30-13-6-3-7-14-30/h3-27,29,38-40,42-44H,41H2,1-2H3/b28-25+. The highest BCUT2D eigenvalue weighted by atomic mass is 15.2. The van der Waals surface area contributed by atoms with Gasteiger partial charge in [0.2, 0.25) is 0 Å². The van der Waals surface area contributed by atoms with E-state index < -0.39 is 0 Å². The van der Waals surface area contributed by atoms with E-state index in [4.69, 9.17) is 5.73 Å². The van der Waals surface area contributed by atoms with Gasteiger partial charge in [-0.25, -0.2) is 0 Å². The summed E-state index contributed by atoms with van der Waals surface area (Å²) in [6.45, 7) is 4.32. The maximum Gasteiger partial charge on any atom is 0.104 e. The fourth-order valence-electron chi connectivity index (χ4n) is 5.85. The van der Waals surface area contributed by atoms with Gasteiger partial charge in [0, 0.05) is 11.7 Å². The molecule has 4 atom stereocenters. The second kappa shape index (κ2) is 13.7. The Morgan fingerprint density at radius 2 is 1.30 bits per heavy atom. The highest BCUT2D eigenvalue weighted by Gasteiger charge is 2.24. The lowest BCUT2D eigenvalue weighted by molar-refractivity contribution is 0.442. The lowest BCUT2D eigenvalue weighted by Crippen LogP contribution is -2.39. The molecule has 0 radical (unpaired) electrons. The number of hydrogen-bond donors (Lipinski definition) is 4. The fraction of sp³-hybridized carbons (Fsp3) is 0.150. The molecule has 0 aliphatic carbocycles. The summed E-state index contributed by atoms with van der Waals surface area (Å²) in [7, 11) is 0. The lowest BCUT2D eigenvalue weighted by atomic mass is 9.95. The van der Waals surface area contributed by atoms with Crippen LogP contribution < -0.4 is 21.7 Å². The van der Waals surface area contributed by atoms with Crippen LogP contribution in [-0.2, 0) is 0 Å². The predicted octanol–water partition coefficient (Wildman–Crippen LogP) is 8.37. The summed E-state index contributed by atoms with van der Waals surface area (Å²) < 4.78 is 0. The van der Waals surface area contributed by atoms with Crippen LogP contribution in [0.5, 0.6) is 0 Å². The van der Waals surface area contributed by atoms with E-state index in [1.165, 1.54) is 39.0 Å². The molecule has 0 bridgehead atoms. The molecule has 5 aromatic carbocycles. The summed E-state index contributed by atoms with van der Waals surface area (Å²) in [5.41, 5.74) is 17.1. The molecule has 1 aliphatic rings. The quantitative estimate of drug-likeness (QED) is 0.133. The third-order valence-corrected chi connectivity index (χ3v) is 8.22. The summed E-state index contributed by atoms with van der Waals surface area (Å²) in [6.07, 6.45) is 4.30. The minimum absolute atomic E-state index is 0.0278. The predicted molar refractivity (Wildman–Crippen MR) is 184 cm³/mol. The van der Waals surface area contributed by atoms with E-state index in [2.05, 4.69) is 163 Å². The molecule has 0 aromatic heterocycles. The Morgan fingerprint density at radius 1 is 0.705 bits per heavy atom. The topological polar surface area (TPSA) is 62.1 Å². The minimum Gasteiger partial charge on any atom is -0.366 e. The molecular weight excluding hydrogens is 536 g/mol. The van der Waals surface area contributed by atoms with Gasteiger partial charge in [0.25, 0.3) is 0 Å². The molecule has 0 spiro atoms. The van der Waals surface area contributed by atoms with Crippen molar-refractivity contribution in [3.05, 3.63) is 179 Å². The first-order chi connectivity index (χ1) is 21.5. The number of benzene rings is 5. The van der Waals surface area contributed by atoms with Crippen molar-refractivity contribution in [2.75, 3.05) is 0 Å². The van der Waals surface area contributed by atoms with E-state index in [1.807, 2.05) is 18.2 Å². The molecule has 0 saturated heterocycles. The van der Waals surface area contributed by atoms with Crippen molar-refractivity contribution < 1.29 is 0 Å². The van der Waals surface area contributed by atoms with Gasteiger partial charge in [-0.15, -0.1) is 0 Å². The minimum atomic E-state index is -0.222. The Kier molecular flexibility index (Phi) is 9.14. The van der Waals surface area contributed by atoms with Crippen LogP contribution in [-0.4, -0.2) is 6.04 Å². The van der Waals surface area contributed by atoms with Crippen LogP contribution in [0.3, 0.4) is 0 Å². The van der Waals surface area contributed by atoms with Crippen molar-refractivity contribution in [1.29, 1.82) is 0 Å². The van der Waals surface area contributed by atoms with Crippen molar-refractivity contribution in [2.24, 2.45) is 5.73 Å². The van der Waals surface area contributed by atoms with Gasteiger partial charge < -0.3 is 11.1 Å². The number of allylic oxidation sites excluding steroid dienone is 1. The normalized spacial score (nSPS) is 18.2. The Hall–Kier alpha value is -4.74. The first-order valence-electron chi connectivity index (χ1n) is 15.3. The Balaban J connectivity index is 1.26. The average molecular weight is 577 g/mol. The summed E-state index contributed by atoms with van der Waals surface area (Å²) in [5, 5.41) is 11.1. The van der Waals surface area contributed by atoms with E-state index in [1.54, 1.807) is 0 Å². The fourth-order valence-corrected chi connectivity index (χ4v) is 5.85. The molecule has 0 saturated carbocycles. The molecule has 4 nitrogen and oxygen atoms in total. The average Bonchev–Trinajstić information content (AvgIpc) is 3.09. The monoisotopic (exact) mass is 576 g/mol. The zero-order chi connectivity index (χ0) is 30.3. The zero-order valence-corrected chi connectivity index (χ0v) is 25.3. The number of nitrogens with two attached hydrogens (primary N) is 1. The molecule has 4 unspecified atom stereocenters. The highest BCUT2D eigenvalue weighted by Crippen LogP contribution is 2.32. The molecule has 220 valence electrons. The summed E-state index contributed by atoms with van der Waals surface area (Å²) in [5.74, 6) is 0. The van der Waals surface area contributed by atoms with E-state index in [0.717, 1.165) is 11.3 Å². The second-order valence-electron chi connectivity index (χ2n) is 11.5. The van der Waals surface area contributed by atoms with Gasteiger partial charge in [0.05, 0.1) is 12.2 Å². The van der Waals surface area contributed by atoms with Crippen molar-refractivity contribution in [3.63, 3.8) is 0 Å². The van der Waals surface area contributed by atoms with Crippen LogP contribution >= 0.6 is 0 Å². The number of rotatable bonds is 9. The van der Waals surface area contributed by atoms with Gasteiger partial charge in [-0.05, 0) is 70.5 Å². The van der Waals surface area contributed by atoms with E-state index in [0.29, 0.717) is 0 Å². The summed E-state index contributed by atoms with van der Waals surface area (Å²) in [6, 6.07) is 49.1. The van der Waals surface area contributed by atoms with E-state index in [-0.39, 0.29) is 24.4 Å². The summed E-state index contributed by atoms with van der Waals surface area (Å²) >= 11 is 0. The Labute approximate surface area is 261 Å². The van der Waals surface area contributed by atoms with Gasteiger partial charge in [-0.1, -0.05) is 140 Å². The van der Waals surface area contributed by atoms with Crippen molar-refractivity contribution in [1.82, 2.24) is 16.0 Å². The molecule has 0 amide bonds. The van der Waals surface area contributed by atoms with Gasteiger partial charge in [-0.3, -0.25) is 10.6 Å². The van der Waals surface area contributed by atoms with Crippen molar-refractivity contribution in [3.8, 4) is 11.1 Å². The third-order valence-electron chi connectivity index (χ3n) is 8.22. The van der Waals surface area contributed by atoms with Crippen LogP contribution in [0.1, 0.15) is 60.0 Å². The first kappa shape index (κ1) is 29.3. The summed E-state index contributed by atoms with van der Waals surface area (Å²) in [4.78, 5) is 0. The molecule has 1 aliphatic heterocycles. The van der Waals surface area contributed by atoms with Gasteiger partial charge in [0.15, 0.2) is 0 Å². The second-order valence-corrected chi connectivity index (χ2v) is 11.5. The van der Waals surface area contributed by atoms with Crippen molar-refractivity contribution in [2.45, 2.75) is 38.3 Å². The molecule has 0 fully saturated rings. The number of nitrogens with one attached hydrogen (secondary N) is 3. The van der Waals surface area contributed by atoms with Crippen LogP contribution in [0.2, 0.25) is 0 Å². The van der Waals surface area contributed by atoms with Gasteiger partial charge in [-0.2, -0.15) is 0 Å². The first-order valence-corrected chi connectivity index (χ1v) is 15.3. The van der Waals surface area contributed by atoms with Gasteiger partial charge >= 0.3 is 0 Å². The van der Waals surface area contributed by atoms with Crippen LogP contribution in [0.4, 0.5) is 0 Å². The third kappa shape index (κ3) is 7.07. The zero-order valence-electron chi connectivity index (χ0n) is 25.3. The number of hydrogen-bond acceptors (Lipinski definition) is 4. The molecule has 5 aromatic rings. The smallest absolute Gasteiger partial charge is 0.104 e. The maximum absolute atomic E-state index is 6.43. The van der Waals surface area contributed by atoms with Crippen molar-refractivity contribution >= 4 is 11.3 Å². The Bertz CT molecular complexity index is 1710. The lowest BCUT2D eigenvalue weighted by Gasteiger charge is -2.33. The van der Waals surface area contributed by atoms with Crippen LogP contribution in [0.25, 0.3) is 22.4 Å². The molecule has 44 heavy (non-hydrogen) atoms. The van der Waals surface area contributed by atoms with E-state index in [9.17, 15) is 0 Å². The van der Waals surface area contributed by atoms with Gasteiger partial charge in [0.1, 0.15) is 6.17 Å². The van der Waals surface area contributed by atoms with E-state index >= 15 is 0 Å². The van der Waals surface area contributed by atoms with Crippen LogP contribution in [0.15, 0.2) is 152 Å². The highest BCUT2D eigenvalue weighted by molar-refractivity contribution is 5.71. The molecule has 6 rings (SSSR count). The Morgan fingerprint density at radius 3 is 2.00 bits per heavy atom. The largest absolute Gasteiger partial charge is 0.366 e. The SMILES string of the molecule is C/C(=C\C(C)NC(N)c1ccccc1)c1cccc(C2C=C(c3ccc(-c4ccccc4)cc3)NC(c3ccccc3)N2)c1. The molecule has 5 N–H and O–H groups in total.